The first-order valence-corrected chi connectivity index (χ1v) is 2.81. The maximum absolute atomic E-state index is 12.4. The highest BCUT2D eigenvalue weighted by Crippen LogP contribution is 1.98. The van der Waals surface area contributed by atoms with Crippen molar-refractivity contribution in [2.45, 2.75) is 0 Å². The van der Waals surface area contributed by atoms with E-state index in [0.29, 0.717) is 5.65 Å². The van der Waals surface area contributed by atoms with Gasteiger partial charge in [0.2, 0.25) is 0 Å². The lowest BCUT2D eigenvalue weighted by Crippen LogP contribution is -1.90. The van der Waals surface area contributed by atoms with Crippen molar-refractivity contribution in [3.63, 3.8) is 0 Å². The van der Waals surface area contributed by atoms with Crippen LogP contribution in [0, 0.1) is 5.82 Å². The highest BCUT2D eigenvalue weighted by molar-refractivity contribution is 5.34. The van der Waals surface area contributed by atoms with Crippen molar-refractivity contribution in [2.24, 2.45) is 0 Å². The van der Waals surface area contributed by atoms with E-state index in [1.165, 1.54) is 10.7 Å². The smallest absolute Gasteiger partial charge is 0.159 e. The quantitative estimate of drug-likeness (QED) is 0.539. The fourth-order valence-electron chi connectivity index (χ4n) is 0.787. The van der Waals surface area contributed by atoms with Gasteiger partial charge in [-0.05, 0) is 0 Å². The zero-order valence-corrected chi connectivity index (χ0v) is 5.03. The fourth-order valence-corrected chi connectivity index (χ4v) is 0.787. The van der Waals surface area contributed by atoms with E-state index >= 15 is 0 Å². The van der Waals surface area contributed by atoms with E-state index < -0.39 is 0 Å². The number of hydrogen-bond acceptors (Lipinski definition) is 2. The molecule has 2 rings (SSSR count). The Morgan fingerprint density at radius 1 is 1.50 bits per heavy atom. The Bertz CT molecular complexity index is 355. The average Bonchev–Trinajstić information content (AvgIpc) is 2.33. The minimum atomic E-state index is -0.379. The second-order valence-corrected chi connectivity index (χ2v) is 1.91. The Morgan fingerprint density at radius 3 is 3.30 bits per heavy atom. The predicted molar refractivity (Wildman–Crippen MR) is 32.9 cm³/mol. The molecule has 0 saturated heterocycles. The van der Waals surface area contributed by atoms with E-state index in [-0.39, 0.29) is 5.82 Å². The van der Waals surface area contributed by atoms with Gasteiger partial charge in [-0.1, -0.05) is 0 Å². The summed E-state index contributed by atoms with van der Waals surface area (Å²) >= 11 is 0. The zero-order valence-electron chi connectivity index (χ0n) is 5.03. The van der Waals surface area contributed by atoms with E-state index in [0.717, 1.165) is 6.20 Å². The number of aromatic nitrogens is 3. The molecule has 2 aromatic heterocycles. The average molecular weight is 137 g/mol. The van der Waals surface area contributed by atoms with Gasteiger partial charge >= 0.3 is 0 Å². The molecule has 4 heteroatoms. The molecule has 10 heavy (non-hydrogen) atoms. The van der Waals surface area contributed by atoms with Crippen LogP contribution in [0.5, 0.6) is 0 Å². The van der Waals surface area contributed by atoms with Crippen LogP contribution in [0.25, 0.3) is 5.65 Å². The molecule has 0 saturated carbocycles. The lowest BCUT2D eigenvalue weighted by atomic mass is 10.6. The summed E-state index contributed by atoms with van der Waals surface area (Å²) in [5, 5.41) is 3.79. The first-order valence-electron chi connectivity index (χ1n) is 2.81. The maximum atomic E-state index is 12.4. The normalized spacial score (nSPS) is 10.5. The van der Waals surface area contributed by atoms with Crippen molar-refractivity contribution in [2.75, 3.05) is 0 Å². The molecular weight excluding hydrogens is 133 g/mol. The molecule has 0 aromatic carbocycles. The highest BCUT2D eigenvalue weighted by Gasteiger charge is 1.94. The van der Waals surface area contributed by atoms with Crippen molar-refractivity contribution in [1.82, 2.24) is 14.6 Å². The molecule has 50 valence electrons. The van der Waals surface area contributed by atoms with Crippen molar-refractivity contribution < 1.29 is 4.39 Å². The molecule has 2 aromatic rings. The molecular formula is C6H4FN3. The van der Waals surface area contributed by atoms with Crippen LogP contribution >= 0.6 is 0 Å². The van der Waals surface area contributed by atoms with Crippen LogP contribution in [0.1, 0.15) is 0 Å². The number of fused-ring (bicyclic) bond motifs is 1. The molecule has 0 aliphatic heterocycles. The van der Waals surface area contributed by atoms with E-state index in [9.17, 15) is 4.39 Å². The lowest BCUT2D eigenvalue weighted by molar-refractivity contribution is 0.607. The Kier molecular flexibility index (Phi) is 0.943. The number of rotatable bonds is 0. The summed E-state index contributed by atoms with van der Waals surface area (Å²) in [5.74, 6) is -0.379. The molecule has 0 aliphatic carbocycles. The minimum Gasteiger partial charge on any atom is -0.234 e. The molecule has 0 bridgehead atoms. The lowest BCUT2D eigenvalue weighted by Gasteiger charge is -1.89. The van der Waals surface area contributed by atoms with Gasteiger partial charge in [-0.15, -0.1) is 0 Å². The minimum absolute atomic E-state index is 0.379. The van der Waals surface area contributed by atoms with Crippen LogP contribution < -0.4 is 0 Å². The van der Waals surface area contributed by atoms with Gasteiger partial charge < -0.3 is 0 Å². The molecule has 0 atom stereocenters. The number of nitrogens with zero attached hydrogens (tertiary/aromatic N) is 3. The van der Waals surface area contributed by atoms with Crippen LogP contribution in [0.4, 0.5) is 4.39 Å². The van der Waals surface area contributed by atoms with Crippen molar-refractivity contribution in [1.29, 1.82) is 0 Å². The van der Waals surface area contributed by atoms with Gasteiger partial charge in [-0.2, -0.15) is 5.10 Å². The summed E-state index contributed by atoms with van der Waals surface area (Å²) < 4.78 is 13.8. The van der Waals surface area contributed by atoms with Crippen LogP contribution in [0.3, 0.4) is 0 Å². The fraction of sp³-hybridized carbons (Fsp3) is 0. The molecule has 0 spiro atoms. The Balaban J connectivity index is 2.86. The van der Waals surface area contributed by atoms with E-state index in [2.05, 4.69) is 10.1 Å². The summed E-state index contributed by atoms with van der Waals surface area (Å²) in [4.78, 5) is 3.77. The van der Waals surface area contributed by atoms with Crippen LogP contribution in [-0.4, -0.2) is 14.6 Å². The predicted octanol–water partition coefficient (Wildman–Crippen LogP) is 0.868. The van der Waals surface area contributed by atoms with Crippen LogP contribution in [0.15, 0.2) is 24.7 Å². The summed E-state index contributed by atoms with van der Waals surface area (Å²) in [5.41, 5.74) is 0.654. The second kappa shape index (κ2) is 1.76. The van der Waals surface area contributed by atoms with Crippen molar-refractivity contribution >= 4 is 5.65 Å². The van der Waals surface area contributed by atoms with Gasteiger partial charge in [0.1, 0.15) is 0 Å². The summed E-state index contributed by atoms with van der Waals surface area (Å²) in [6.45, 7) is 0. The standard InChI is InChI=1S/C6H4FN3/c7-5-3-8-6-1-2-9-10(6)4-5/h1-4H. The molecule has 3 nitrogen and oxygen atoms in total. The Hall–Kier alpha value is -1.45. The van der Waals surface area contributed by atoms with Gasteiger partial charge in [0.25, 0.3) is 0 Å². The molecule has 0 fully saturated rings. The molecule has 0 N–H and O–H groups in total. The number of halogens is 1. The van der Waals surface area contributed by atoms with E-state index in [1.807, 2.05) is 0 Å². The second-order valence-electron chi connectivity index (χ2n) is 1.91. The van der Waals surface area contributed by atoms with Crippen LogP contribution in [0.2, 0.25) is 0 Å². The first kappa shape index (κ1) is 5.34. The monoisotopic (exact) mass is 137 g/mol. The third-order valence-electron chi connectivity index (χ3n) is 1.22. The highest BCUT2D eigenvalue weighted by atomic mass is 19.1. The van der Waals surface area contributed by atoms with Gasteiger partial charge in [0.05, 0.1) is 18.6 Å². The third kappa shape index (κ3) is 0.655. The molecule has 0 amide bonds. The van der Waals surface area contributed by atoms with Crippen molar-refractivity contribution in [3.8, 4) is 0 Å². The van der Waals surface area contributed by atoms with Gasteiger partial charge in [0.15, 0.2) is 11.5 Å². The van der Waals surface area contributed by atoms with Gasteiger partial charge in [-0.25, -0.2) is 13.9 Å². The molecule has 2 heterocycles. The molecule has 0 aliphatic rings. The SMILES string of the molecule is Fc1cnc2ccnn2c1. The zero-order chi connectivity index (χ0) is 6.97. The van der Waals surface area contributed by atoms with E-state index in [4.69, 9.17) is 0 Å². The third-order valence-corrected chi connectivity index (χ3v) is 1.22. The maximum Gasteiger partial charge on any atom is 0.159 e. The Morgan fingerprint density at radius 2 is 2.40 bits per heavy atom. The summed E-state index contributed by atoms with van der Waals surface area (Å²) in [6, 6.07) is 1.71. The molecule has 0 unspecified atom stereocenters. The van der Waals surface area contributed by atoms with Crippen molar-refractivity contribution in [3.05, 3.63) is 30.5 Å². The van der Waals surface area contributed by atoms with Gasteiger partial charge in [-0.3, -0.25) is 0 Å². The summed E-state index contributed by atoms with van der Waals surface area (Å²) in [6.07, 6.45) is 4.01. The topological polar surface area (TPSA) is 30.2 Å². The first-order chi connectivity index (χ1) is 4.86. The largest absolute Gasteiger partial charge is 0.234 e. The summed E-state index contributed by atoms with van der Waals surface area (Å²) in [7, 11) is 0. The van der Waals surface area contributed by atoms with E-state index in [1.54, 1.807) is 12.3 Å². The van der Waals surface area contributed by atoms with Gasteiger partial charge in [0, 0.05) is 6.07 Å². The molecule has 0 radical (unpaired) electrons. The number of hydrogen-bond donors (Lipinski definition) is 0. The van der Waals surface area contributed by atoms with Crippen LogP contribution in [-0.2, 0) is 0 Å². The Labute approximate surface area is 56.1 Å².